The van der Waals surface area contributed by atoms with Crippen molar-refractivity contribution in [3.63, 3.8) is 0 Å². The summed E-state index contributed by atoms with van der Waals surface area (Å²) in [6.07, 6.45) is 3.05. The fourth-order valence-corrected chi connectivity index (χ4v) is 1.78. The topological polar surface area (TPSA) is 93.2 Å². The van der Waals surface area contributed by atoms with E-state index in [0.29, 0.717) is 11.4 Å². The Bertz CT molecular complexity index is 387. The summed E-state index contributed by atoms with van der Waals surface area (Å²) >= 11 is 1.77. The molecule has 0 spiro atoms. The molecule has 0 aliphatic carbocycles. The first-order chi connectivity index (χ1) is 8.17. The van der Waals surface area contributed by atoms with Gasteiger partial charge in [-0.15, -0.1) is 0 Å². The van der Waals surface area contributed by atoms with Crippen molar-refractivity contribution in [1.29, 1.82) is 0 Å². The monoisotopic (exact) mass is 256 g/mol. The lowest BCUT2D eigenvalue weighted by molar-refractivity contribution is -0.384. The van der Waals surface area contributed by atoms with Gasteiger partial charge in [0.2, 0.25) is 0 Å². The molecule has 7 heteroatoms. The molecule has 1 rings (SSSR count). The van der Waals surface area contributed by atoms with Gasteiger partial charge in [-0.3, -0.25) is 16.0 Å². The molecule has 0 unspecified atom stereocenters. The standard InChI is InChI=1S/C10H16N4O2S/c1-17-4-2-3-12-8-5-9(13-11)7-10(6-8)14(15)16/h5-7,12-13H,2-4,11H2,1H3. The summed E-state index contributed by atoms with van der Waals surface area (Å²) in [5.74, 6) is 6.32. The molecule has 1 aromatic rings. The van der Waals surface area contributed by atoms with Gasteiger partial charge in [-0.1, -0.05) is 0 Å². The largest absolute Gasteiger partial charge is 0.385 e. The van der Waals surface area contributed by atoms with Gasteiger partial charge in [0.05, 0.1) is 10.6 Å². The number of nitro groups is 1. The van der Waals surface area contributed by atoms with Gasteiger partial charge in [-0.05, 0) is 24.5 Å². The highest BCUT2D eigenvalue weighted by atomic mass is 32.2. The smallest absolute Gasteiger partial charge is 0.273 e. The van der Waals surface area contributed by atoms with E-state index >= 15 is 0 Å². The zero-order valence-electron chi connectivity index (χ0n) is 9.60. The van der Waals surface area contributed by atoms with Gasteiger partial charge >= 0.3 is 0 Å². The normalized spacial score (nSPS) is 10.0. The molecule has 0 fully saturated rings. The summed E-state index contributed by atoms with van der Waals surface area (Å²) in [4.78, 5) is 10.3. The number of nitrogens with one attached hydrogen (secondary N) is 2. The molecule has 0 aliphatic rings. The van der Waals surface area contributed by atoms with E-state index in [2.05, 4.69) is 10.7 Å². The number of hydrazine groups is 1. The van der Waals surface area contributed by atoms with Crippen LogP contribution in [-0.2, 0) is 0 Å². The molecule has 1 aromatic carbocycles. The predicted molar refractivity (Wildman–Crippen MR) is 72.4 cm³/mol. The van der Waals surface area contributed by atoms with Crippen LogP contribution in [0.15, 0.2) is 18.2 Å². The Kier molecular flexibility index (Phi) is 5.58. The highest BCUT2D eigenvalue weighted by Crippen LogP contribution is 2.23. The van der Waals surface area contributed by atoms with Crippen molar-refractivity contribution in [2.75, 3.05) is 29.3 Å². The zero-order valence-corrected chi connectivity index (χ0v) is 10.4. The zero-order chi connectivity index (χ0) is 12.7. The molecule has 0 saturated heterocycles. The van der Waals surface area contributed by atoms with E-state index in [-0.39, 0.29) is 5.69 Å². The first kappa shape index (κ1) is 13.6. The van der Waals surface area contributed by atoms with E-state index in [0.717, 1.165) is 18.7 Å². The van der Waals surface area contributed by atoms with Crippen LogP contribution in [0.25, 0.3) is 0 Å². The van der Waals surface area contributed by atoms with Crippen molar-refractivity contribution in [3.8, 4) is 0 Å². The van der Waals surface area contributed by atoms with E-state index in [1.165, 1.54) is 12.1 Å². The second-order valence-corrected chi connectivity index (χ2v) is 4.43. The summed E-state index contributed by atoms with van der Waals surface area (Å²) in [5.41, 5.74) is 3.66. The molecular formula is C10H16N4O2S. The van der Waals surface area contributed by atoms with Crippen molar-refractivity contribution in [2.45, 2.75) is 6.42 Å². The molecule has 0 heterocycles. The van der Waals surface area contributed by atoms with Crippen molar-refractivity contribution >= 4 is 28.8 Å². The number of hydrogen-bond donors (Lipinski definition) is 3. The van der Waals surface area contributed by atoms with Crippen LogP contribution in [0, 0.1) is 10.1 Å². The highest BCUT2D eigenvalue weighted by molar-refractivity contribution is 7.98. The van der Waals surface area contributed by atoms with Crippen LogP contribution < -0.4 is 16.6 Å². The predicted octanol–water partition coefficient (Wildman–Crippen LogP) is 2.05. The molecule has 0 aromatic heterocycles. The van der Waals surface area contributed by atoms with E-state index in [1.54, 1.807) is 17.8 Å². The minimum atomic E-state index is -0.437. The third-order valence-corrected chi connectivity index (χ3v) is 2.85. The van der Waals surface area contributed by atoms with Crippen LogP contribution in [0.3, 0.4) is 0 Å². The lowest BCUT2D eigenvalue weighted by Crippen LogP contribution is -2.09. The van der Waals surface area contributed by atoms with Crippen LogP contribution in [0.2, 0.25) is 0 Å². The second kappa shape index (κ2) is 6.97. The number of nitrogens with zero attached hydrogens (tertiary/aromatic N) is 1. The van der Waals surface area contributed by atoms with Crippen LogP contribution >= 0.6 is 11.8 Å². The number of nitrogens with two attached hydrogens (primary N) is 1. The summed E-state index contributed by atoms with van der Waals surface area (Å²) in [5, 5.41) is 13.8. The number of non-ortho nitro benzene ring substituents is 1. The lowest BCUT2D eigenvalue weighted by Gasteiger charge is -2.08. The Morgan fingerprint density at radius 3 is 2.71 bits per heavy atom. The van der Waals surface area contributed by atoms with Gasteiger partial charge in [-0.2, -0.15) is 11.8 Å². The Balaban J connectivity index is 2.70. The van der Waals surface area contributed by atoms with Gasteiger partial charge in [0, 0.05) is 24.4 Å². The molecule has 0 atom stereocenters. The maximum absolute atomic E-state index is 10.7. The maximum atomic E-state index is 10.7. The molecule has 0 bridgehead atoms. The number of thioether (sulfide) groups is 1. The Morgan fingerprint density at radius 2 is 2.12 bits per heavy atom. The van der Waals surface area contributed by atoms with Crippen molar-refractivity contribution < 1.29 is 4.92 Å². The van der Waals surface area contributed by atoms with Crippen LogP contribution in [0.1, 0.15) is 6.42 Å². The lowest BCUT2D eigenvalue weighted by atomic mass is 10.2. The molecule has 17 heavy (non-hydrogen) atoms. The molecule has 0 saturated carbocycles. The molecule has 0 radical (unpaired) electrons. The summed E-state index contributed by atoms with van der Waals surface area (Å²) in [7, 11) is 0. The van der Waals surface area contributed by atoms with Gasteiger partial charge in [0.25, 0.3) is 5.69 Å². The van der Waals surface area contributed by atoms with E-state index in [9.17, 15) is 10.1 Å². The first-order valence-corrected chi connectivity index (χ1v) is 6.55. The van der Waals surface area contributed by atoms with Gasteiger partial charge < -0.3 is 10.7 Å². The number of nitrogen functional groups attached to an aromatic ring is 1. The highest BCUT2D eigenvalue weighted by Gasteiger charge is 2.08. The molecule has 4 N–H and O–H groups in total. The molecule has 0 amide bonds. The molecule has 94 valence electrons. The van der Waals surface area contributed by atoms with Gasteiger partial charge in [0.15, 0.2) is 0 Å². The van der Waals surface area contributed by atoms with Crippen molar-refractivity contribution in [1.82, 2.24) is 0 Å². The number of benzene rings is 1. The third kappa shape index (κ3) is 4.49. The van der Waals surface area contributed by atoms with Crippen LogP contribution in [-0.4, -0.2) is 23.5 Å². The average molecular weight is 256 g/mol. The Hall–Kier alpha value is -1.47. The third-order valence-electron chi connectivity index (χ3n) is 2.15. The van der Waals surface area contributed by atoms with E-state index < -0.39 is 4.92 Å². The fraction of sp³-hybridized carbons (Fsp3) is 0.400. The van der Waals surface area contributed by atoms with Gasteiger partial charge in [0.1, 0.15) is 0 Å². The van der Waals surface area contributed by atoms with E-state index in [4.69, 9.17) is 5.84 Å². The molecular weight excluding hydrogens is 240 g/mol. The van der Waals surface area contributed by atoms with E-state index in [1.807, 2.05) is 6.26 Å². The molecule has 0 aliphatic heterocycles. The molecule has 6 nitrogen and oxygen atoms in total. The minimum absolute atomic E-state index is 0.0211. The number of anilines is 2. The summed E-state index contributed by atoms with van der Waals surface area (Å²) < 4.78 is 0. The van der Waals surface area contributed by atoms with Crippen molar-refractivity contribution in [3.05, 3.63) is 28.3 Å². The number of hydrogen-bond acceptors (Lipinski definition) is 6. The van der Waals surface area contributed by atoms with Crippen molar-refractivity contribution in [2.24, 2.45) is 5.84 Å². The quantitative estimate of drug-likeness (QED) is 0.299. The summed E-state index contributed by atoms with van der Waals surface area (Å²) in [6.45, 7) is 0.784. The second-order valence-electron chi connectivity index (χ2n) is 3.44. The maximum Gasteiger partial charge on any atom is 0.273 e. The van der Waals surface area contributed by atoms with Gasteiger partial charge in [-0.25, -0.2) is 0 Å². The Labute approximate surface area is 104 Å². The average Bonchev–Trinajstić information content (AvgIpc) is 2.34. The summed E-state index contributed by atoms with van der Waals surface area (Å²) in [6, 6.07) is 4.64. The fourth-order valence-electron chi connectivity index (χ4n) is 1.35. The SMILES string of the molecule is CSCCCNc1cc(NN)cc([N+](=O)[O-])c1. The first-order valence-electron chi connectivity index (χ1n) is 5.16. The minimum Gasteiger partial charge on any atom is -0.385 e. The number of nitro benzene ring substituents is 1. The van der Waals surface area contributed by atoms with Crippen LogP contribution in [0.5, 0.6) is 0 Å². The van der Waals surface area contributed by atoms with Crippen LogP contribution in [0.4, 0.5) is 17.1 Å². The number of rotatable bonds is 7. The Morgan fingerprint density at radius 1 is 1.41 bits per heavy atom.